The molecule has 3 N–H and O–H groups in total. The molecule has 1 aromatic rings. The molecule has 1 aromatic heterocycles. The summed E-state index contributed by atoms with van der Waals surface area (Å²) < 4.78 is 0. The van der Waals surface area contributed by atoms with Gasteiger partial charge in [0.25, 0.3) is 0 Å². The normalized spacial score (nSPS) is 22.1. The molecule has 0 aliphatic carbocycles. The minimum absolute atomic E-state index is 0.609. The summed E-state index contributed by atoms with van der Waals surface area (Å²) in [6, 6.07) is 0. The zero-order valence-electron chi connectivity index (χ0n) is 10.4. The van der Waals surface area contributed by atoms with Crippen LogP contribution >= 0.6 is 0 Å². The first-order chi connectivity index (χ1) is 8.28. The fraction of sp³-hybridized carbons (Fsp3) is 0.667. The zero-order valence-corrected chi connectivity index (χ0v) is 10.4. The highest BCUT2D eigenvalue weighted by Gasteiger charge is 2.14. The van der Waals surface area contributed by atoms with Crippen LogP contribution in [0.1, 0.15) is 31.9 Å². The maximum Gasteiger partial charge on any atom is 0.158 e. The van der Waals surface area contributed by atoms with E-state index in [2.05, 4.69) is 27.2 Å². The van der Waals surface area contributed by atoms with Gasteiger partial charge in [0.05, 0.1) is 18.1 Å². The Hall–Kier alpha value is -1.20. The number of nitrogens with two attached hydrogens (primary N) is 1. The maximum atomic E-state index is 5.26. The number of anilines is 1. The average molecular weight is 235 g/mol. The highest BCUT2D eigenvalue weighted by atomic mass is 15.3. The van der Waals surface area contributed by atoms with Crippen LogP contribution in [0.15, 0.2) is 12.4 Å². The zero-order chi connectivity index (χ0) is 12.1. The molecule has 0 aromatic carbocycles. The van der Waals surface area contributed by atoms with Gasteiger partial charge in [-0.15, -0.1) is 0 Å². The third kappa shape index (κ3) is 3.64. The van der Waals surface area contributed by atoms with E-state index < -0.39 is 0 Å². The Balaban J connectivity index is 1.90. The maximum absolute atomic E-state index is 5.26. The molecule has 5 heteroatoms. The second kappa shape index (κ2) is 5.93. The van der Waals surface area contributed by atoms with Crippen LogP contribution in [0.3, 0.4) is 0 Å². The number of nitrogens with zero attached hydrogens (tertiary/aromatic N) is 3. The van der Waals surface area contributed by atoms with Crippen molar-refractivity contribution >= 4 is 5.82 Å². The van der Waals surface area contributed by atoms with Gasteiger partial charge in [-0.3, -0.25) is 9.88 Å². The molecule has 1 fully saturated rings. The molecule has 2 rings (SSSR count). The van der Waals surface area contributed by atoms with Crippen LogP contribution < -0.4 is 11.3 Å². The van der Waals surface area contributed by atoms with Crippen molar-refractivity contribution in [3.63, 3.8) is 0 Å². The third-order valence-electron chi connectivity index (χ3n) is 3.35. The SMILES string of the molecule is CC1CCCN(Cc2cnc(NN)cn2)CC1. The van der Waals surface area contributed by atoms with Gasteiger partial charge in [-0.25, -0.2) is 10.8 Å². The lowest BCUT2D eigenvalue weighted by Crippen LogP contribution is -2.25. The van der Waals surface area contributed by atoms with E-state index in [9.17, 15) is 0 Å². The number of hydrogen-bond donors (Lipinski definition) is 2. The first kappa shape index (κ1) is 12.3. The van der Waals surface area contributed by atoms with Crippen molar-refractivity contribution in [2.45, 2.75) is 32.7 Å². The first-order valence-electron chi connectivity index (χ1n) is 6.28. The van der Waals surface area contributed by atoms with Gasteiger partial charge >= 0.3 is 0 Å². The van der Waals surface area contributed by atoms with E-state index in [1.54, 1.807) is 12.4 Å². The summed E-state index contributed by atoms with van der Waals surface area (Å²) in [5, 5.41) is 0. The van der Waals surface area contributed by atoms with Crippen LogP contribution in [-0.4, -0.2) is 28.0 Å². The molecule has 17 heavy (non-hydrogen) atoms. The van der Waals surface area contributed by atoms with E-state index in [0.717, 1.165) is 18.2 Å². The Kier molecular flexibility index (Phi) is 4.28. The van der Waals surface area contributed by atoms with Gasteiger partial charge in [-0.05, 0) is 38.3 Å². The van der Waals surface area contributed by atoms with Gasteiger partial charge in [0.2, 0.25) is 0 Å². The minimum atomic E-state index is 0.609. The van der Waals surface area contributed by atoms with Gasteiger partial charge in [-0.1, -0.05) is 6.92 Å². The number of hydrazine groups is 1. The Bertz CT molecular complexity index is 337. The molecule has 2 heterocycles. The van der Waals surface area contributed by atoms with E-state index in [-0.39, 0.29) is 0 Å². The lowest BCUT2D eigenvalue weighted by Gasteiger charge is -2.19. The smallest absolute Gasteiger partial charge is 0.158 e. The first-order valence-corrected chi connectivity index (χ1v) is 6.28. The van der Waals surface area contributed by atoms with Crippen LogP contribution in [0.2, 0.25) is 0 Å². The van der Waals surface area contributed by atoms with Gasteiger partial charge in [-0.2, -0.15) is 0 Å². The van der Waals surface area contributed by atoms with Crippen LogP contribution in [-0.2, 0) is 6.54 Å². The number of nitrogens with one attached hydrogen (secondary N) is 1. The second-order valence-corrected chi connectivity index (χ2v) is 4.85. The summed E-state index contributed by atoms with van der Waals surface area (Å²) in [4.78, 5) is 11.0. The Labute approximate surface area is 102 Å². The summed E-state index contributed by atoms with van der Waals surface area (Å²) in [7, 11) is 0. The number of rotatable bonds is 3. The highest BCUT2D eigenvalue weighted by molar-refractivity contribution is 5.28. The molecule has 1 unspecified atom stereocenters. The summed E-state index contributed by atoms with van der Waals surface area (Å²) in [6.45, 7) is 5.57. The molecule has 1 atom stereocenters. The second-order valence-electron chi connectivity index (χ2n) is 4.85. The van der Waals surface area contributed by atoms with E-state index in [4.69, 9.17) is 5.84 Å². The number of nitrogen functional groups attached to an aromatic ring is 1. The van der Waals surface area contributed by atoms with Crippen molar-refractivity contribution < 1.29 is 0 Å². The lowest BCUT2D eigenvalue weighted by molar-refractivity contribution is 0.270. The van der Waals surface area contributed by atoms with Crippen LogP contribution in [0.5, 0.6) is 0 Å². The predicted molar refractivity (Wildman–Crippen MR) is 68.1 cm³/mol. The molecular weight excluding hydrogens is 214 g/mol. The molecule has 0 saturated carbocycles. The third-order valence-corrected chi connectivity index (χ3v) is 3.35. The van der Waals surface area contributed by atoms with Gasteiger partial charge in [0, 0.05) is 6.54 Å². The van der Waals surface area contributed by atoms with Crippen LogP contribution in [0.25, 0.3) is 0 Å². The predicted octanol–water partition coefficient (Wildman–Crippen LogP) is 1.38. The fourth-order valence-electron chi connectivity index (χ4n) is 2.22. The molecule has 1 saturated heterocycles. The van der Waals surface area contributed by atoms with E-state index in [1.165, 1.54) is 32.4 Å². The van der Waals surface area contributed by atoms with Crippen LogP contribution in [0.4, 0.5) is 5.82 Å². The number of likely N-dealkylation sites (tertiary alicyclic amines) is 1. The van der Waals surface area contributed by atoms with Gasteiger partial charge in [0.1, 0.15) is 0 Å². The molecule has 0 radical (unpaired) electrons. The Morgan fingerprint density at radius 1 is 1.35 bits per heavy atom. The monoisotopic (exact) mass is 235 g/mol. The van der Waals surface area contributed by atoms with Crippen molar-refractivity contribution in [2.75, 3.05) is 18.5 Å². The molecule has 1 aliphatic heterocycles. The topological polar surface area (TPSA) is 67.1 Å². The number of hydrogen-bond acceptors (Lipinski definition) is 5. The van der Waals surface area contributed by atoms with Crippen molar-refractivity contribution in [2.24, 2.45) is 11.8 Å². The summed E-state index contributed by atoms with van der Waals surface area (Å²) in [5.74, 6) is 6.72. The molecule has 1 aliphatic rings. The molecule has 5 nitrogen and oxygen atoms in total. The van der Waals surface area contributed by atoms with Crippen molar-refractivity contribution in [3.8, 4) is 0 Å². The number of aromatic nitrogens is 2. The lowest BCUT2D eigenvalue weighted by atomic mass is 10.0. The summed E-state index contributed by atoms with van der Waals surface area (Å²) >= 11 is 0. The summed E-state index contributed by atoms with van der Waals surface area (Å²) in [5.41, 5.74) is 3.50. The Morgan fingerprint density at radius 2 is 2.24 bits per heavy atom. The van der Waals surface area contributed by atoms with Gasteiger partial charge in [0.15, 0.2) is 5.82 Å². The van der Waals surface area contributed by atoms with E-state index in [1.807, 2.05) is 0 Å². The standard InChI is InChI=1S/C12H21N5/c1-10-3-2-5-17(6-4-10)9-11-7-15-12(16-13)8-14-11/h7-8,10H,2-6,9,13H2,1H3,(H,15,16). The van der Waals surface area contributed by atoms with Crippen molar-refractivity contribution in [3.05, 3.63) is 18.1 Å². The molecule has 0 bridgehead atoms. The Morgan fingerprint density at radius 3 is 2.94 bits per heavy atom. The van der Waals surface area contributed by atoms with Gasteiger partial charge < -0.3 is 5.43 Å². The van der Waals surface area contributed by atoms with Crippen molar-refractivity contribution in [1.29, 1.82) is 0 Å². The van der Waals surface area contributed by atoms with Crippen LogP contribution in [0, 0.1) is 5.92 Å². The fourth-order valence-corrected chi connectivity index (χ4v) is 2.22. The molecule has 0 amide bonds. The largest absolute Gasteiger partial charge is 0.307 e. The quantitative estimate of drug-likeness (QED) is 0.612. The molecule has 0 spiro atoms. The molecule has 94 valence electrons. The van der Waals surface area contributed by atoms with E-state index >= 15 is 0 Å². The van der Waals surface area contributed by atoms with Crippen molar-refractivity contribution in [1.82, 2.24) is 14.9 Å². The highest BCUT2D eigenvalue weighted by Crippen LogP contribution is 2.17. The minimum Gasteiger partial charge on any atom is -0.307 e. The molecular formula is C12H21N5. The van der Waals surface area contributed by atoms with E-state index in [0.29, 0.717) is 5.82 Å². The summed E-state index contributed by atoms with van der Waals surface area (Å²) in [6.07, 6.45) is 7.39. The average Bonchev–Trinajstić information content (AvgIpc) is 2.56.